The van der Waals surface area contributed by atoms with Crippen LogP contribution in [0.2, 0.25) is 0 Å². The highest BCUT2D eigenvalue weighted by atomic mass is 32.1. The van der Waals surface area contributed by atoms with Gasteiger partial charge in [0.1, 0.15) is 5.00 Å². The van der Waals surface area contributed by atoms with Crippen molar-refractivity contribution in [1.29, 1.82) is 0 Å². The number of hydrogen-bond acceptors (Lipinski definition) is 8. The van der Waals surface area contributed by atoms with E-state index >= 15 is 0 Å². The smallest absolute Gasteiger partial charge is 0.449 e. The van der Waals surface area contributed by atoms with Crippen LogP contribution >= 0.6 is 11.3 Å². The molecule has 0 aliphatic carbocycles. The number of nitrogens with two attached hydrogens (primary N) is 1. The van der Waals surface area contributed by atoms with Gasteiger partial charge in [0.25, 0.3) is 0 Å². The lowest BCUT2D eigenvalue weighted by atomic mass is 10.5. The van der Waals surface area contributed by atoms with Crippen molar-refractivity contribution in [2.45, 2.75) is 0 Å². The lowest BCUT2D eigenvalue weighted by Crippen LogP contribution is -2.09. The predicted octanol–water partition coefficient (Wildman–Crippen LogP) is 1.50. The fourth-order valence-corrected chi connectivity index (χ4v) is 1.67. The largest absolute Gasteiger partial charge is 0.512 e. The molecule has 5 N–H and O–H groups in total. The van der Waals surface area contributed by atoms with E-state index in [1.807, 2.05) is 0 Å². The number of nitrogen functional groups attached to an aromatic ring is 1. The summed E-state index contributed by atoms with van der Waals surface area (Å²) < 4.78 is 12.5. The van der Waals surface area contributed by atoms with E-state index in [-0.39, 0.29) is 5.00 Å². The van der Waals surface area contributed by atoms with Crippen molar-refractivity contribution < 1.29 is 43.9 Å². The fourth-order valence-electron chi connectivity index (χ4n) is 0.903. The zero-order valence-electron chi connectivity index (χ0n) is 8.28. The van der Waals surface area contributed by atoms with Gasteiger partial charge in [0.2, 0.25) is 16.6 Å². The first-order chi connectivity index (χ1) is 8.31. The second-order valence-corrected chi connectivity index (χ2v) is 3.53. The van der Waals surface area contributed by atoms with Crippen LogP contribution in [-0.4, -0.2) is 33.8 Å². The van der Waals surface area contributed by atoms with Crippen LogP contribution in [0.4, 0.5) is 19.4 Å². The molecule has 0 bridgehead atoms. The highest BCUT2D eigenvalue weighted by molar-refractivity contribution is 7.18. The zero-order chi connectivity index (χ0) is 13.9. The second-order valence-electron chi connectivity index (χ2n) is 2.52. The van der Waals surface area contributed by atoms with Gasteiger partial charge in [-0.15, -0.1) is 0 Å². The molecule has 0 fully saturated rings. The zero-order valence-corrected chi connectivity index (χ0v) is 9.09. The van der Waals surface area contributed by atoms with Crippen LogP contribution in [0.1, 0.15) is 0 Å². The van der Waals surface area contributed by atoms with Crippen molar-refractivity contribution >= 4 is 34.8 Å². The summed E-state index contributed by atoms with van der Waals surface area (Å²) in [6.07, 6.45) is -5.36. The normalized spacial score (nSPS) is 9.56. The van der Waals surface area contributed by atoms with Gasteiger partial charge < -0.3 is 35.3 Å². The van der Waals surface area contributed by atoms with Gasteiger partial charge in [0, 0.05) is 0 Å². The minimum atomic E-state index is -1.82. The Labute approximate surface area is 102 Å². The summed E-state index contributed by atoms with van der Waals surface area (Å²) in [6, 6.07) is 0. The third kappa shape index (κ3) is 3.15. The first kappa shape index (κ1) is 13.4. The third-order valence-corrected chi connectivity index (χ3v) is 2.24. The van der Waals surface area contributed by atoms with Gasteiger partial charge in [-0.25, -0.2) is 14.4 Å². The Hall–Kier alpha value is -2.69. The van der Waals surface area contributed by atoms with E-state index in [1.54, 1.807) is 0 Å². The van der Waals surface area contributed by atoms with Crippen LogP contribution in [0, 0.1) is 0 Å². The fraction of sp³-hybridized carbons (Fsp3) is 0. The summed E-state index contributed by atoms with van der Waals surface area (Å²) in [5.41, 5.74) is 5.33. The number of thiophene rings is 1. The highest BCUT2D eigenvalue weighted by Crippen LogP contribution is 2.50. The Morgan fingerprint density at radius 3 is 1.78 bits per heavy atom. The summed E-state index contributed by atoms with van der Waals surface area (Å²) >= 11 is 0.451. The molecule has 1 aromatic rings. The van der Waals surface area contributed by atoms with E-state index in [2.05, 4.69) is 14.2 Å². The quantitative estimate of drug-likeness (QED) is 0.595. The molecule has 18 heavy (non-hydrogen) atoms. The van der Waals surface area contributed by atoms with Crippen molar-refractivity contribution in [2.24, 2.45) is 0 Å². The average molecular weight is 279 g/mol. The Bertz CT molecular complexity index is 507. The number of rotatable bonds is 3. The van der Waals surface area contributed by atoms with Crippen LogP contribution in [-0.2, 0) is 0 Å². The molecule has 0 aliphatic heterocycles. The molecule has 1 rings (SSSR count). The number of carbonyl (C=O) groups is 3. The van der Waals surface area contributed by atoms with Crippen LogP contribution in [0.15, 0.2) is 0 Å². The van der Waals surface area contributed by atoms with E-state index in [0.717, 1.165) is 0 Å². The molecule has 0 saturated carbocycles. The molecule has 0 aromatic carbocycles. The molecule has 0 unspecified atom stereocenters. The molecule has 1 aromatic heterocycles. The topological polar surface area (TPSA) is 166 Å². The molecule has 0 spiro atoms. The van der Waals surface area contributed by atoms with Crippen molar-refractivity contribution in [3.8, 4) is 16.6 Å². The van der Waals surface area contributed by atoms with Gasteiger partial charge in [-0.1, -0.05) is 11.3 Å². The summed E-state index contributed by atoms with van der Waals surface area (Å²) in [6.45, 7) is 0. The van der Waals surface area contributed by atoms with E-state index in [1.165, 1.54) is 0 Å². The Morgan fingerprint density at radius 2 is 1.33 bits per heavy atom. The van der Waals surface area contributed by atoms with Crippen molar-refractivity contribution in [3.63, 3.8) is 0 Å². The molecule has 11 heteroatoms. The van der Waals surface area contributed by atoms with Crippen molar-refractivity contribution in [3.05, 3.63) is 0 Å². The average Bonchev–Trinajstić information content (AvgIpc) is 2.43. The van der Waals surface area contributed by atoms with E-state index in [4.69, 9.17) is 21.1 Å². The maximum Gasteiger partial charge on any atom is 0.512 e. The Kier molecular flexibility index (Phi) is 3.78. The van der Waals surface area contributed by atoms with Crippen LogP contribution < -0.4 is 19.9 Å². The minimum Gasteiger partial charge on any atom is -0.449 e. The van der Waals surface area contributed by atoms with Gasteiger partial charge in [0.15, 0.2) is 0 Å². The highest BCUT2D eigenvalue weighted by Gasteiger charge is 2.27. The van der Waals surface area contributed by atoms with Crippen molar-refractivity contribution in [1.82, 2.24) is 0 Å². The maximum atomic E-state index is 10.4. The van der Waals surface area contributed by atoms with E-state index in [0.29, 0.717) is 11.3 Å². The first-order valence-electron chi connectivity index (χ1n) is 3.95. The summed E-state index contributed by atoms with van der Waals surface area (Å²) in [4.78, 5) is 31.1. The first-order valence-corrected chi connectivity index (χ1v) is 4.77. The molecule has 10 nitrogen and oxygen atoms in total. The van der Waals surface area contributed by atoms with Crippen LogP contribution in [0.25, 0.3) is 0 Å². The summed E-state index contributed by atoms with van der Waals surface area (Å²) in [7, 11) is 0. The van der Waals surface area contributed by atoms with Crippen molar-refractivity contribution in [2.75, 3.05) is 5.73 Å². The van der Waals surface area contributed by atoms with E-state index < -0.39 is 35.0 Å². The minimum absolute atomic E-state index is 0.315. The summed E-state index contributed by atoms with van der Waals surface area (Å²) in [5.74, 6) is -1.39. The number of hydrogen-bond donors (Lipinski definition) is 4. The lowest BCUT2D eigenvalue weighted by Gasteiger charge is -2.03. The van der Waals surface area contributed by atoms with E-state index in [9.17, 15) is 14.4 Å². The van der Waals surface area contributed by atoms with Gasteiger partial charge in [-0.2, -0.15) is 0 Å². The molecule has 0 atom stereocenters. The number of anilines is 1. The molecule has 98 valence electrons. The van der Waals surface area contributed by atoms with Gasteiger partial charge in [-0.3, -0.25) is 0 Å². The number of carboxylic acid groups (broad SMARTS) is 3. The lowest BCUT2D eigenvalue weighted by molar-refractivity contribution is 0.128. The van der Waals surface area contributed by atoms with Crippen LogP contribution in [0.5, 0.6) is 16.6 Å². The molecular formula is C7H5NO9S. The van der Waals surface area contributed by atoms with Gasteiger partial charge >= 0.3 is 18.5 Å². The Morgan fingerprint density at radius 1 is 0.889 bits per heavy atom. The standard InChI is InChI=1S/C7H5NO9S/c8-3-1(15-5(9)10)2(16-6(11)12)4(18-3)17-7(13)14/h8H2,(H,9,10)(H,11,12)(H,13,14). The maximum absolute atomic E-state index is 10.4. The third-order valence-electron chi connectivity index (χ3n) is 1.38. The summed E-state index contributed by atoms with van der Waals surface area (Å²) in [5, 5.41) is 24.4. The van der Waals surface area contributed by atoms with Gasteiger partial charge in [-0.05, 0) is 0 Å². The Balaban J connectivity index is 3.21. The number of ether oxygens (including phenoxy) is 3. The van der Waals surface area contributed by atoms with Crippen LogP contribution in [0.3, 0.4) is 0 Å². The molecule has 0 amide bonds. The predicted molar refractivity (Wildman–Crippen MR) is 54.7 cm³/mol. The monoisotopic (exact) mass is 279 g/mol. The van der Waals surface area contributed by atoms with Gasteiger partial charge in [0.05, 0.1) is 0 Å². The molecule has 0 radical (unpaired) electrons. The molecule has 0 aliphatic rings. The SMILES string of the molecule is Nc1sc(OC(=O)O)c(OC(=O)O)c1OC(=O)O. The molecular weight excluding hydrogens is 274 g/mol. The molecule has 1 heterocycles. The molecule has 0 saturated heterocycles. The second kappa shape index (κ2) is 5.09.